The fraction of sp³-hybridized carbons (Fsp3) is 0.235. The molecule has 1 aliphatic rings. The highest BCUT2D eigenvalue weighted by molar-refractivity contribution is 9.10. The van der Waals surface area contributed by atoms with Gasteiger partial charge >= 0.3 is 0 Å². The van der Waals surface area contributed by atoms with Crippen LogP contribution < -0.4 is 0 Å². The molecule has 0 amide bonds. The number of hydrogen-bond acceptors (Lipinski definition) is 3. The molecule has 114 valence electrons. The van der Waals surface area contributed by atoms with Gasteiger partial charge in [-0.2, -0.15) is 0 Å². The van der Waals surface area contributed by atoms with E-state index in [1.165, 1.54) is 6.08 Å². The molecule has 0 unspecified atom stereocenters. The molecule has 5 heteroatoms. The van der Waals surface area contributed by atoms with Gasteiger partial charge in [-0.1, -0.05) is 34.1 Å². The molecular formula is C17H15BrFNO2. The van der Waals surface area contributed by atoms with Gasteiger partial charge in [-0.05, 0) is 36.3 Å². The van der Waals surface area contributed by atoms with Gasteiger partial charge in [0.05, 0.1) is 18.9 Å². The van der Waals surface area contributed by atoms with E-state index in [1.807, 2.05) is 25.1 Å². The molecule has 0 spiro atoms. The molecule has 1 aromatic carbocycles. The van der Waals surface area contributed by atoms with Crippen molar-refractivity contribution < 1.29 is 13.9 Å². The highest BCUT2D eigenvalue weighted by Gasteiger charge is 2.18. The number of pyridine rings is 1. The molecule has 0 saturated carbocycles. The Hall–Kier alpha value is -1.56. The number of hydrogen-bond donors (Lipinski definition) is 0. The first kappa shape index (κ1) is 15.3. The Labute approximate surface area is 136 Å². The number of nitrogens with zero attached hydrogens (tertiary/aromatic N) is 1. The summed E-state index contributed by atoms with van der Waals surface area (Å²) in [7, 11) is 0. The number of benzene rings is 1. The van der Waals surface area contributed by atoms with Crippen LogP contribution in [-0.4, -0.2) is 18.2 Å². The monoisotopic (exact) mass is 363 g/mol. The smallest absolute Gasteiger partial charge is 0.185 e. The number of rotatable bonds is 3. The van der Waals surface area contributed by atoms with E-state index in [0.717, 1.165) is 21.2 Å². The van der Waals surface area contributed by atoms with Crippen molar-refractivity contribution in [3.8, 4) is 0 Å². The summed E-state index contributed by atoms with van der Waals surface area (Å²) in [5.41, 5.74) is 2.90. The summed E-state index contributed by atoms with van der Waals surface area (Å²) >= 11 is 3.44. The second-order valence-electron chi connectivity index (χ2n) is 5.00. The molecular weight excluding hydrogens is 349 g/mol. The van der Waals surface area contributed by atoms with Crippen molar-refractivity contribution in [3.05, 3.63) is 63.4 Å². The zero-order valence-electron chi connectivity index (χ0n) is 12.1. The third-order valence-corrected chi connectivity index (χ3v) is 4.38. The van der Waals surface area contributed by atoms with Crippen molar-refractivity contribution in [2.45, 2.75) is 13.2 Å². The van der Waals surface area contributed by atoms with Gasteiger partial charge in [0.1, 0.15) is 5.83 Å². The first-order valence-electron chi connectivity index (χ1n) is 6.97. The summed E-state index contributed by atoms with van der Waals surface area (Å²) in [5.74, 6) is -0.374. The lowest BCUT2D eigenvalue weighted by Gasteiger charge is -2.09. The van der Waals surface area contributed by atoms with Crippen LogP contribution in [0.3, 0.4) is 0 Å². The van der Waals surface area contributed by atoms with Gasteiger partial charge in [0.2, 0.25) is 0 Å². The molecule has 3 rings (SSSR count). The van der Waals surface area contributed by atoms with Crippen LogP contribution in [0.15, 0.2) is 41.0 Å². The van der Waals surface area contributed by atoms with Gasteiger partial charge in [-0.15, -0.1) is 0 Å². The lowest BCUT2D eigenvalue weighted by atomic mass is 10.1. The van der Waals surface area contributed by atoms with Crippen LogP contribution in [0.25, 0.3) is 11.9 Å². The minimum absolute atomic E-state index is 0.293. The van der Waals surface area contributed by atoms with E-state index in [0.29, 0.717) is 18.9 Å². The zero-order valence-corrected chi connectivity index (χ0v) is 13.6. The average Bonchev–Trinajstić information content (AvgIpc) is 3.06. The van der Waals surface area contributed by atoms with Crippen molar-refractivity contribution in [2.24, 2.45) is 0 Å². The molecule has 1 fully saturated rings. The molecule has 2 heterocycles. The van der Waals surface area contributed by atoms with E-state index >= 15 is 0 Å². The third-order valence-electron chi connectivity index (χ3n) is 3.52. The lowest BCUT2D eigenvalue weighted by Crippen LogP contribution is -1.99. The highest BCUT2D eigenvalue weighted by Crippen LogP contribution is 2.26. The van der Waals surface area contributed by atoms with Gasteiger partial charge in [0, 0.05) is 16.2 Å². The number of aromatic nitrogens is 1. The maximum atomic E-state index is 14.4. The van der Waals surface area contributed by atoms with Crippen molar-refractivity contribution >= 4 is 27.8 Å². The van der Waals surface area contributed by atoms with Crippen molar-refractivity contribution in [1.29, 1.82) is 0 Å². The largest absolute Gasteiger partial charge is 0.346 e. The summed E-state index contributed by atoms with van der Waals surface area (Å²) in [4.78, 5) is 4.16. The SMILES string of the molecule is Cc1c(Br)cccc1C=C(F)c1ccc(C2OCCO2)cn1. The van der Waals surface area contributed by atoms with E-state index in [4.69, 9.17) is 9.47 Å². The summed E-state index contributed by atoms with van der Waals surface area (Å²) < 4.78 is 26.1. The lowest BCUT2D eigenvalue weighted by molar-refractivity contribution is -0.0443. The van der Waals surface area contributed by atoms with Gasteiger partial charge in [-0.3, -0.25) is 4.98 Å². The summed E-state index contributed by atoms with van der Waals surface area (Å²) in [5, 5.41) is 0. The van der Waals surface area contributed by atoms with E-state index in [1.54, 1.807) is 18.3 Å². The van der Waals surface area contributed by atoms with Crippen LogP contribution in [0, 0.1) is 6.92 Å². The van der Waals surface area contributed by atoms with Crippen LogP contribution in [0.5, 0.6) is 0 Å². The van der Waals surface area contributed by atoms with Crippen LogP contribution in [-0.2, 0) is 9.47 Å². The Morgan fingerprint density at radius 1 is 1.27 bits per heavy atom. The maximum absolute atomic E-state index is 14.4. The Balaban J connectivity index is 1.83. The summed E-state index contributed by atoms with van der Waals surface area (Å²) in [6.07, 6.45) is 2.69. The first-order chi connectivity index (χ1) is 10.6. The topological polar surface area (TPSA) is 31.4 Å². The van der Waals surface area contributed by atoms with Gasteiger partial charge in [0.25, 0.3) is 0 Å². The minimum Gasteiger partial charge on any atom is -0.346 e. The Bertz CT molecular complexity index is 694. The Morgan fingerprint density at radius 3 is 2.73 bits per heavy atom. The standard InChI is InChI=1S/C17H15BrFNO2/c1-11-12(3-2-4-14(11)18)9-15(19)16-6-5-13(10-20-16)17-21-7-8-22-17/h2-6,9-10,17H,7-8H2,1H3. The van der Waals surface area contributed by atoms with Crippen LogP contribution in [0.2, 0.25) is 0 Å². The molecule has 22 heavy (non-hydrogen) atoms. The molecule has 0 aliphatic carbocycles. The first-order valence-corrected chi connectivity index (χ1v) is 7.76. The van der Waals surface area contributed by atoms with Crippen molar-refractivity contribution in [2.75, 3.05) is 13.2 Å². The predicted octanol–water partition coefficient (Wildman–Crippen LogP) is 4.67. The minimum atomic E-state index is -0.388. The Morgan fingerprint density at radius 2 is 2.05 bits per heavy atom. The molecule has 0 N–H and O–H groups in total. The van der Waals surface area contributed by atoms with E-state index in [-0.39, 0.29) is 12.1 Å². The molecule has 1 aliphatic heterocycles. The molecule has 1 saturated heterocycles. The maximum Gasteiger partial charge on any atom is 0.185 e. The van der Waals surface area contributed by atoms with Gasteiger partial charge in [0.15, 0.2) is 6.29 Å². The van der Waals surface area contributed by atoms with E-state index in [2.05, 4.69) is 20.9 Å². The molecule has 1 aromatic heterocycles. The summed E-state index contributed by atoms with van der Waals surface area (Å²) in [6.45, 7) is 3.08. The third kappa shape index (κ3) is 3.27. The molecule has 0 atom stereocenters. The fourth-order valence-electron chi connectivity index (χ4n) is 2.23. The van der Waals surface area contributed by atoms with Crippen molar-refractivity contribution in [3.63, 3.8) is 0 Å². The van der Waals surface area contributed by atoms with Crippen LogP contribution in [0.4, 0.5) is 4.39 Å². The zero-order chi connectivity index (χ0) is 15.5. The predicted molar refractivity (Wildman–Crippen MR) is 86.7 cm³/mol. The summed E-state index contributed by atoms with van der Waals surface area (Å²) in [6, 6.07) is 9.09. The van der Waals surface area contributed by atoms with Crippen LogP contribution >= 0.6 is 15.9 Å². The second-order valence-corrected chi connectivity index (χ2v) is 5.85. The van der Waals surface area contributed by atoms with Crippen molar-refractivity contribution in [1.82, 2.24) is 4.98 Å². The fourth-order valence-corrected chi connectivity index (χ4v) is 2.61. The average molecular weight is 364 g/mol. The number of halogens is 2. The molecule has 3 nitrogen and oxygen atoms in total. The molecule has 0 radical (unpaired) electrons. The highest BCUT2D eigenvalue weighted by atomic mass is 79.9. The quantitative estimate of drug-likeness (QED) is 0.794. The normalized spacial score (nSPS) is 16.2. The van der Waals surface area contributed by atoms with Crippen LogP contribution in [0.1, 0.15) is 28.7 Å². The Kier molecular flexibility index (Phi) is 4.66. The second kappa shape index (κ2) is 6.69. The van der Waals surface area contributed by atoms with Gasteiger partial charge < -0.3 is 9.47 Å². The van der Waals surface area contributed by atoms with E-state index < -0.39 is 0 Å². The van der Waals surface area contributed by atoms with Gasteiger partial charge in [-0.25, -0.2) is 4.39 Å². The number of ether oxygens (including phenoxy) is 2. The molecule has 2 aromatic rings. The molecule has 0 bridgehead atoms. The van der Waals surface area contributed by atoms with E-state index in [9.17, 15) is 4.39 Å².